The number of rotatable bonds is 15. The highest BCUT2D eigenvalue weighted by Gasteiger charge is 2.04. The van der Waals surface area contributed by atoms with Crippen LogP contribution in [0.1, 0.15) is 54.2 Å². The number of Topliss-reactive ketones (excluding diaryl/α,β-unsaturated/α-hetero) is 2. The Labute approximate surface area is 359 Å². The molecule has 0 saturated heterocycles. The van der Waals surface area contributed by atoms with Gasteiger partial charge in [0.05, 0.1) is 34.9 Å². The molecule has 0 aliphatic carbocycles. The van der Waals surface area contributed by atoms with E-state index < -0.39 is 5.78 Å². The van der Waals surface area contributed by atoms with E-state index in [2.05, 4.69) is 0 Å². The lowest BCUT2D eigenvalue weighted by atomic mass is 10.1. The van der Waals surface area contributed by atoms with Gasteiger partial charge in [0.2, 0.25) is 0 Å². The molecule has 0 aromatic heterocycles. The van der Waals surface area contributed by atoms with Crippen LogP contribution < -0.4 is 18.9 Å². The zero-order valence-corrected chi connectivity index (χ0v) is 35.2. The summed E-state index contributed by atoms with van der Waals surface area (Å²) in [5.74, 6) is 0.228. The van der Waals surface area contributed by atoms with Gasteiger partial charge in [-0.3, -0.25) is 24.0 Å². The Balaban J connectivity index is 0.000000466. The Kier molecular flexibility index (Phi) is 23.1. The lowest BCUT2D eigenvalue weighted by Crippen LogP contribution is -1.97. The fourth-order valence-corrected chi connectivity index (χ4v) is 4.60. The predicted molar refractivity (Wildman–Crippen MR) is 234 cm³/mol. The second-order valence-corrected chi connectivity index (χ2v) is 12.6. The number of carbonyl (C=O) groups excluding carboxylic acids is 5. The molecular formula is C47H50O15. The van der Waals surface area contributed by atoms with Crippen LogP contribution in [0, 0.1) is 0 Å². The third-order valence-corrected chi connectivity index (χ3v) is 7.42. The average molecular weight is 855 g/mol. The number of aliphatic hydroxyl groups excluding tert-OH is 2. The molecular weight excluding hydrogens is 805 g/mol. The Hall–Kier alpha value is -8.07. The summed E-state index contributed by atoms with van der Waals surface area (Å²) in [7, 11) is 5.82. The van der Waals surface area contributed by atoms with Crippen LogP contribution in [0.5, 0.6) is 46.0 Å². The SMILES string of the molecule is CC(=O)CC(C)=O.COc1ccc(/C=C/C(=O)C=C(O)/C=C/c2ccc(OC)c(O)c2)cc1O.COc1ccc(/C=C/C(O)=C/C(C)=O)cc1O.COc1ccc(C=O)cc1O. The Bertz CT molecular complexity index is 2300. The second-order valence-electron chi connectivity index (χ2n) is 12.6. The van der Waals surface area contributed by atoms with Gasteiger partial charge >= 0.3 is 0 Å². The molecule has 62 heavy (non-hydrogen) atoms. The Morgan fingerprint density at radius 1 is 0.484 bits per heavy atom. The van der Waals surface area contributed by atoms with Crippen molar-refractivity contribution in [1.29, 1.82) is 0 Å². The van der Waals surface area contributed by atoms with Gasteiger partial charge in [-0.2, -0.15) is 0 Å². The van der Waals surface area contributed by atoms with Crippen LogP contribution in [0.15, 0.2) is 115 Å². The number of aliphatic hydroxyl groups is 2. The predicted octanol–water partition coefficient (Wildman–Crippen LogP) is 8.07. The monoisotopic (exact) mass is 854 g/mol. The average Bonchev–Trinajstić information content (AvgIpc) is 3.21. The van der Waals surface area contributed by atoms with Crippen LogP contribution in [-0.4, -0.2) is 88.5 Å². The summed E-state index contributed by atoms with van der Waals surface area (Å²) in [5.41, 5.74) is 2.36. The molecule has 0 spiro atoms. The quantitative estimate of drug-likeness (QED) is 0.0218. The maximum Gasteiger partial charge on any atom is 0.182 e. The summed E-state index contributed by atoms with van der Waals surface area (Å²) in [6.07, 6.45) is 11.5. The van der Waals surface area contributed by atoms with Gasteiger partial charge in [0.25, 0.3) is 0 Å². The van der Waals surface area contributed by atoms with Crippen molar-refractivity contribution in [2.45, 2.75) is 27.2 Å². The van der Waals surface area contributed by atoms with Gasteiger partial charge in [0.1, 0.15) is 29.4 Å². The summed E-state index contributed by atoms with van der Waals surface area (Å²) in [6.45, 7) is 4.16. The molecule has 4 aromatic rings. The van der Waals surface area contributed by atoms with E-state index in [-0.39, 0.29) is 58.3 Å². The normalized spacial score (nSPS) is 11.0. The van der Waals surface area contributed by atoms with Crippen LogP contribution in [-0.2, 0) is 19.2 Å². The molecule has 0 unspecified atom stereocenters. The molecule has 4 aromatic carbocycles. The summed E-state index contributed by atoms with van der Waals surface area (Å²) < 4.78 is 19.6. The molecule has 15 nitrogen and oxygen atoms in total. The molecule has 4 rings (SSSR count). The molecule has 0 saturated carbocycles. The van der Waals surface area contributed by atoms with Gasteiger partial charge in [-0.1, -0.05) is 36.4 Å². The zero-order valence-electron chi connectivity index (χ0n) is 35.2. The van der Waals surface area contributed by atoms with Crippen LogP contribution in [0.4, 0.5) is 0 Å². The lowest BCUT2D eigenvalue weighted by Gasteiger charge is -2.03. The number of carbonyl (C=O) groups is 5. The fraction of sp³-hybridized carbons (Fsp3) is 0.170. The standard InChI is InChI=1S/C21H20O6.C13H14O4.C8H8O3.C5H8O2/c1-26-20-9-5-14(11-18(20)24)3-7-16(22)13-17(23)8-4-15-6-10-21(27-2)19(25)12-15;1-9(14)7-11(15)5-3-10-4-6-13(17-2)12(16)8-10;1-11-8-3-2-6(5-9)4-7(8)10;1-4(6)3-5(2)7/h3-13,22,24-25H,1-2H3;3-8,15-16H,1-2H3;2-5,10H,1H3;3H2,1-2H3/b7-3+,8-4+,16-13?;5-3+,11-7-;;. The highest BCUT2D eigenvalue weighted by atomic mass is 16.5. The van der Waals surface area contributed by atoms with Gasteiger partial charge in [0, 0.05) is 17.7 Å². The van der Waals surface area contributed by atoms with Crippen molar-refractivity contribution in [3.05, 3.63) is 137 Å². The molecule has 0 aliphatic rings. The number of ketones is 4. The van der Waals surface area contributed by atoms with Crippen molar-refractivity contribution >= 4 is 47.6 Å². The molecule has 0 amide bonds. The van der Waals surface area contributed by atoms with Crippen LogP contribution in [0.3, 0.4) is 0 Å². The van der Waals surface area contributed by atoms with E-state index in [0.29, 0.717) is 51.5 Å². The van der Waals surface area contributed by atoms with Crippen molar-refractivity contribution in [3.8, 4) is 46.0 Å². The molecule has 0 heterocycles. The second kappa shape index (κ2) is 27.6. The zero-order chi connectivity index (χ0) is 46.8. The van der Waals surface area contributed by atoms with E-state index in [0.717, 1.165) is 12.2 Å². The minimum atomic E-state index is -0.426. The highest BCUT2D eigenvalue weighted by Crippen LogP contribution is 2.29. The third kappa shape index (κ3) is 20.6. The fourth-order valence-electron chi connectivity index (χ4n) is 4.60. The highest BCUT2D eigenvalue weighted by molar-refractivity contribution is 6.02. The van der Waals surface area contributed by atoms with Gasteiger partial charge in [0.15, 0.2) is 57.6 Å². The number of hydrogen-bond donors (Lipinski definition) is 6. The maximum atomic E-state index is 11.9. The summed E-state index contributed by atoms with van der Waals surface area (Å²) >= 11 is 0. The molecule has 328 valence electrons. The summed E-state index contributed by atoms with van der Waals surface area (Å²) in [6, 6.07) is 18.8. The topological polar surface area (TPSA) is 244 Å². The smallest absolute Gasteiger partial charge is 0.182 e. The molecule has 15 heteroatoms. The van der Waals surface area contributed by atoms with E-state index in [4.69, 9.17) is 24.1 Å². The number of phenolic OH excluding ortho intramolecular Hbond substituents is 4. The van der Waals surface area contributed by atoms with E-state index in [1.54, 1.807) is 60.7 Å². The summed E-state index contributed by atoms with van der Waals surface area (Å²) in [5, 5.41) is 57.2. The molecule has 6 N–H and O–H groups in total. The number of ether oxygens (including phenoxy) is 4. The van der Waals surface area contributed by atoms with Gasteiger partial charge < -0.3 is 49.6 Å². The van der Waals surface area contributed by atoms with Gasteiger partial charge in [-0.25, -0.2) is 0 Å². The van der Waals surface area contributed by atoms with Crippen molar-refractivity contribution in [3.63, 3.8) is 0 Å². The van der Waals surface area contributed by atoms with Crippen LogP contribution in [0.2, 0.25) is 0 Å². The minimum absolute atomic E-state index is 0.0166. The first-order chi connectivity index (χ1) is 29.3. The van der Waals surface area contributed by atoms with E-state index in [9.17, 15) is 49.5 Å². The third-order valence-electron chi connectivity index (χ3n) is 7.42. The number of aromatic hydroxyl groups is 4. The first kappa shape index (κ1) is 51.9. The number of methoxy groups -OCH3 is 4. The number of benzene rings is 4. The minimum Gasteiger partial charge on any atom is -0.508 e. The Morgan fingerprint density at radius 2 is 0.790 bits per heavy atom. The number of aldehydes is 1. The maximum absolute atomic E-state index is 11.9. The molecule has 0 radical (unpaired) electrons. The van der Waals surface area contributed by atoms with E-state index in [1.807, 2.05) is 0 Å². The van der Waals surface area contributed by atoms with Gasteiger partial charge in [-0.05, 0) is 110 Å². The summed E-state index contributed by atoms with van der Waals surface area (Å²) in [4.78, 5) is 52.8. The van der Waals surface area contributed by atoms with Crippen molar-refractivity contribution in [1.82, 2.24) is 0 Å². The first-order valence-corrected chi connectivity index (χ1v) is 18.2. The van der Waals surface area contributed by atoms with Crippen molar-refractivity contribution in [2.75, 3.05) is 28.4 Å². The van der Waals surface area contributed by atoms with Gasteiger partial charge in [-0.15, -0.1) is 0 Å². The van der Waals surface area contributed by atoms with Crippen molar-refractivity contribution < 1.29 is 73.6 Å². The molecule has 0 fully saturated rings. The molecule has 0 bridgehead atoms. The number of allylic oxidation sites excluding steroid dienone is 5. The van der Waals surface area contributed by atoms with Crippen LogP contribution in [0.25, 0.3) is 18.2 Å². The Morgan fingerprint density at radius 3 is 1.06 bits per heavy atom. The molecule has 0 aliphatic heterocycles. The molecule has 0 atom stereocenters. The number of phenols is 4. The number of hydrogen-bond acceptors (Lipinski definition) is 15. The lowest BCUT2D eigenvalue weighted by molar-refractivity contribution is -0.124. The van der Waals surface area contributed by atoms with Crippen molar-refractivity contribution in [2.24, 2.45) is 0 Å². The van der Waals surface area contributed by atoms with E-state index in [1.165, 1.54) is 97.8 Å². The first-order valence-electron chi connectivity index (χ1n) is 18.2. The largest absolute Gasteiger partial charge is 0.508 e. The van der Waals surface area contributed by atoms with E-state index >= 15 is 0 Å². The van der Waals surface area contributed by atoms with Crippen LogP contribution >= 0.6 is 0 Å².